The van der Waals surface area contributed by atoms with Crippen LogP contribution in [0.25, 0.3) is 10.2 Å². The van der Waals surface area contributed by atoms with Gasteiger partial charge in [0.15, 0.2) is 4.34 Å². The van der Waals surface area contributed by atoms with Crippen LogP contribution in [-0.2, 0) is 4.79 Å². The number of aliphatic carboxylic acids is 1. The molecule has 2 atom stereocenters. The monoisotopic (exact) mass is 294 g/mol. The summed E-state index contributed by atoms with van der Waals surface area (Å²) in [7, 11) is 0. The van der Waals surface area contributed by atoms with Crippen molar-refractivity contribution in [1.82, 2.24) is 4.98 Å². The number of thioether (sulfide) groups is 1. The topological polar surface area (TPSA) is 76.2 Å². The lowest BCUT2D eigenvalue weighted by atomic mass is 10.0. The second-order valence-electron chi connectivity index (χ2n) is 4.89. The predicted octanol–water partition coefficient (Wildman–Crippen LogP) is 2.72. The molecular formula is C13H14N2O2S2. The van der Waals surface area contributed by atoms with Gasteiger partial charge in [0.1, 0.15) is 5.54 Å². The predicted molar refractivity (Wildman–Crippen MR) is 77.7 cm³/mol. The molecule has 4 nitrogen and oxygen atoms in total. The highest BCUT2D eigenvalue weighted by Gasteiger charge is 2.42. The third kappa shape index (κ3) is 2.48. The van der Waals surface area contributed by atoms with E-state index in [1.54, 1.807) is 23.1 Å². The van der Waals surface area contributed by atoms with E-state index in [2.05, 4.69) is 11.1 Å². The fraction of sp³-hybridized carbons (Fsp3) is 0.385. The number of hydrogen-bond acceptors (Lipinski definition) is 5. The molecule has 3 rings (SSSR count). The van der Waals surface area contributed by atoms with Crippen molar-refractivity contribution >= 4 is 39.3 Å². The molecule has 1 aliphatic carbocycles. The van der Waals surface area contributed by atoms with Crippen LogP contribution >= 0.6 is 23.1 Å². The largest absolute Gasteiger partial charge is 0.480 e. The van der Waals surface area contributed by atoms with Crippen molar-refractivity contribution < 1.29 is 9.90 Å². The first-order valence-electron chi connectivity index (χ1n) is 6.11. The minimum absolute atomic E-state index is 0.252. The average Bonchev–Trinajstić information content (AvgIpc) is 2.93. The molecule has 2 unspecified atom stereocenters. The van der Waals surface area contributed by atoms with Crippen molar-refractivity contribution in [1.29, 1.82) is 0 Å². The zero-order chi connectivity index (χ0) is 13.5. The van der Waals surface area contributed by atoms with Crippen molar-refractivity contribution in [3.05, 3.63) is 24.3 Å². The maximum Gasteiger partial charge on any atom is 0.323 e. The Hall–Kier alpha value is -1.11. The lowest BCUT2D eigenvalue weighted by Crippen LogP contribution is -2.45. The van der Waals surface area contributed by atoms with Crippen LogP contribution in [0.5, 0.6) is 0 Å². The SMILES string of the molecule is NC1(C(=O)O)CCC(Sc2nc3ccccc3s2)C1. The molecule has 0 spiro atoms. The molecular weight excluding hydrogens is 280 g/mol. The molecule has 6 heteroatoms. The van der Waals surface area contributed by atoms with Gasteiger partial charge < -0.3 is 10.8 Å². The number of carboxylic acids is 1. The first-order valence-corrected chi connectivity index (χ1v) is 7.81. The van der Waals surface area contributed by atoms with Gasteiger partial charge in [0.2, 0.25) is 0 Å². The van der Waals surface area contributed by atoms with Gasteiger partial charge in [-0.3, -0.25) is 4.79 Å². The van der Waals surface area contributed by atoms with Crippen LogP contribution in [-0.4, -0.2) is 26.8 Å². The Morgan fingerprint density at radius 3 is 3.00 bits per heavy atom. The quantitative estimate of drug-likeness (QED) is 0.910. The molecule has 0 saturated heterocycles. The van der Waals surface area contributed by atoms with Crippen LogP contribution in [0.15, 0.2) is 28.6 Å². The number of fused-ring (bicyclic) bond motifs is 1. The Kier molecular flexibility index (Phi) is 3.24. The van der Waals surface area contributed by atoms with Crippen LogP contribution in [0, 0.1) is 0 Å². The molecule has 0 radical (unpaired) electrons. The summed E-state index contributed by atoms with van der Waals surface area (Å²) in [6.45, 7) is 0. The average molecular weight is 294 g/mol. The second-order valence-corrected chi connectivity index (χ2v) is 7.47. The Morgan fingerprint density at radius 2 is 2.32 bits per heavy atom. The van der Waals surface area contributed by atoms with Gasteiger partial charge in [-0.05, 0) is 31.4 Å². The van der Waals surface area contributed by atoms with Gasteiger partial charge in [0.05, 0.1) is 10.2 Å². The van der Waals surface area contributed by atoms with E-state index >= 15 is 0 Å². The van der Waals surface area contributed by atoms with Crippen molar-refractivity contribution in [3.8, 4) is 0 Å². The number of aromatic nitrogens is 1. The second kappa shape index (κ2) is 4.77. The summed E-state index contributed by atoms with van der Waals surface area (Å²) in [6, 6.07) is 8.02. The lowest BCUT2D eigenvalue weighted by Gasteiger charge is -2.17. The Morgan fingerprint density at radius 1 is 1.53 bits per heavy atom. The number of nitrogens with zero attached hydrogens (tertiary/aromatic N) is 1. The summed E-state index contributed by atoms with van der Waals surface area (Å²) in [5.41, 5.74) is 5.85. The molecule has 0 bridgehead atoms. The summed E-state index contributed by atoms with van der Waals surface area (Å²) >= 11 is 3.32. The number of rotatable bonds is 3. The first-order chi connectivity index (χ1) is 9.07. The minimum atomic E-state index is -1.05. The highest BCUT2D eigenvalue weighted by atomic mass is 32.2. The Balaban J connectivity index is 1.74. The molecule has 1 fully saturated rings. The number of nitrogens with two attached hydrogens (primary N) is 1. The van der Waals surface area contributed by atoms with Crippen LogP contribution in [0.4, 0.5) is 0 Å². The molecule has 1 saturated carbocycles. The Labute approximate surface area is 119 Å². The number of benzene rings is 1. The number of carboxylic acid groups (broad SMARTS) is 1. The standard InChI is InChI=1S/C13H14N2O2S2/c14-13(11(16)17)6-5-8(7-13)18-12-15-9-3-1-2-4-10(9)19-12/h1-4,8H,5-7,14H2,(H,16,17). The van der Waals surface area contributed by atoms with E-state index in [-0.39, 0.29) is 5.25 Å². The summed E-state index contributed by atoms with van der Waals surface area (Å²) in [5.74, 6) is -0.889. The van der Waals surface area contributed by atoms with E-state index in [0.717, 1.165) is 16.3 Å². The van der Waals surface area contributed by atoms with Crippen molar-refractivity contribution in [3.63, 3.8) is 0 Å². The highest BCUT2D eigenvalue weighted by Crippen LogP contribution is 2.41. The van der Waals surface area contributed by atoms with Gasteiger partial charge in [-0.1, -0.05) is 23.9 Å². The van der Waals surface area contributed by atoms with Crippen LogP contribution in [0.2, 0.25) is 0 Å². The van der Waals surface area contributed by atoms with Crippen LogP contribution < -0.4 is 5.73 Å². The van der Waals surface area contributed by atoms with Crippen molar-refractivity contribution in [2.45, 2.75) is 34.4 Å². The molecule has 3 N–H and O–H groups in total. The maximum absolute atomic E-state index is 11.1. The highest BCUT2D eigenvalue weighted by molar-refractivity contribution is 8.01. The molecule has 1 aliphatic rings. The van der Waals surface area contributed by atoms with Gasteiger partial charge in [0, 0.05) is 5.25 Å². The zero-order valence-electron chi connectivity index (χ0n) is 10.2. The summed E-state index contributed by atoms with van der Waals surface area (Å²) in [4.78, 5) is 15.7. The third-order valence-corrected chi connectivity index (χ3v) is 5.87. The molecule has 19 heavy (non-hydrogen) atoms. The number of para-hydroxylation sites is 1. The van der Waals surface area contributed by atoms with Gasteiger partial charge in [-0.2, -0.15) is 0 Å². The van der Waals surface area contributed by atoms with E-state index < -0.39 is 11.5 Å². The molecule has 100 valence electrons. The smallest absolute Gasteiger partial charge is 0.323 e. The first kappa shape index (κ1) is 12.9. The van der Waals surface area contributed by atoms with Gasteiger partial charge in [-0.15, -0.1) is 11.3 Å². The number of carbonyl (C=O) groups is 1. The Bertz CT molecular complexity index is 595. The summed E-state index contributed by atoms with van der Waals surface area (Å²) in [6.07, 6.45) is 1.90. The summed E-state index contributed by atoms with van der Waals surface area (Å²) < 4.78 is 2.17. The number of hydrogen-bond donors (Lipinski definition) is 2. The van der Waals surface area contributed by atoms with E-state index in [0.29, 0.717) is 12.8 Å². The fourth-order valence-electron chi connectivity index (χ4n) is 2.37. The molecule has 0 amide bonds. The van der Waals surface area contributed by atoms with E-state index in [4.69, 9.17) is 10.8 Å². The van der Waals surface area contributed by atoms with E-state index in [1.807, 2.05) is 18.2 Å². The van der Waals surface area contributed by atoms with Gasteiger partial charge >= 0.3 is 5.97 Å². The van der Waals surface area contributed by atoms with E-state index in [1.165, 1.54) is 4.70 Å². The summed E-state index contributed by atoms with van der Waals surface area (Å²) in [5, 5.41) is 9.37. The molecule has 2 aromatic rings. The minimum Gasteiger partial charge on any atom is -0.480 e. The van der Waals surface area contributed by atoms with Gasteiger partial charge in [0.25, 0.3) is 0 Å². The third-order valence-electron chi connectivity index (χ3n) is 3.47. The van der Waals surface area contributed by atoms with Crippen molar-refractivity contribution in [2.24, 2.45) is 5.73 Å². The molecule has 1 aromatic heterocycles. The van der Waals surface area contributed by atoms with Crippen molar-refractivity contribution in [2.75, 3.05) is 0 Å². The van der Waals surface area contributed by atoms with Crippen LogP contribution in [0.1, 0.15) is 19.3 Å². The molecule has 0 aliphatic heterocycles. The lowest BCUT2D eigenvalue weighted by molar-refractivity contribution is -0.143. The fourth-order valence-corrected chi connectivity index (χ4v) is 4.99. The van der Waals surface area contributed by atoms with E-state index in [9.17, 15) is 4.79 Å². The van der Waals surface area contributed by atoms with Crippen LogP contribution in [0.3, 0.4) is 0 Å². The maximum atomic E-state index is 11.1. The normalized spacial score (nSPS) is 26.9. The van der Waals surface area contributed by atoms with Gasteiger partial charge in [-0.25, -0.2) is 4.98 Å². The molecule has 1 heterocycles. The molecule has 1 aromatic carbocycles. The number of thiazole rings is 1. The zero-order valence-corrected chi connectivity index (χ0v) is 11.8.